The van der Waals surface area contributed by atoms with Crippen LogP contribution in [-0.4, -0.2) is 9.97 Å². The monoisotopic (exact) mass is 596 g/mol. The Bertz CT molecular complexity index is 2040. The largest absolute Gasteiger partial charge is 0.436 e. The Morgan fingerprint density at radius 1 is 0.545 bits per heavy atom. The number of oxazole rings is 1. The Morgan fingerprint density at radius 3 is 1.68 bits per heavy atom. The molecule has 3 nitrogen and oxygen atoms in total. The van der Waals surface area contributed by atoms with Crippen LogP contribution in [0.5, 0.6) is 0 Å². The van der Waals surface area contributed by atoms with Gasteiger partial charge in [-0.05, 0) is 136 Å². The molecule has 0 spiro atoms. The van der Waals surface area contributed by atoms with E-state index in [9.17, 15) is 0 Å². The number of aromatic nitrogens is 2. The quantitative estimate of drug-likeness (QED) is 0.186. The molecule has 0 saturated carbocycles. The smallest absolute Gasteiger partial charge is 0.227 e. The van der Waals surface area contributed by atoms with Crippen LogP contribution in [0.25, 0.3) is 64.9 Å². The maximum atomic E-state index is 6.34. The van der Waals surface area contributed by atoms with Crippen molar-refractivity contribution in [2.24, 2.45) is 0 Å². The Morgan fingerprint density at radius 2 is 1.07 bits per heavy atom. The zero-order chi connectivity index (χ0) is 31.3. The van der Waals surface area contributed by atoms with Crippen LogP contribution in [0.1, 0.15) is 74.9 Å². The standard InChI is InChI=1S/C40H40N2OS/c1-21-15-31-33(17-23(21)3)43-37(41-31)25-11-13-27-29(19-25)35(39(5,6)7)28-14-12-26(20-30(28)36(27)40(8,9)10)38-42-32-16-22(2)24(4)18-34(32)44-38/h11-20H,1-10H3. The van der Waals surface area contributed by atoms with Crippen LogP contribution >= 0.6 is 11.3 Å². The second kappa shape index (κ2) is 9.74. The summed E-state index contributed by atoms with van der Waals surface area (Å²) in [6, 6.07) is 22.5. The molecule has 0 fully saturated rings. The van der Waals surface area contributed by atoms with Crippen LogP contribution in [0.15, 0.2) is 65.1 Å². The molecule has 0 aliphatic carbocycles. The average Bonchev–Trinajstić information content (AvgIpc) is 3.53. The molecule has 2 aromatic heterocycles. The van der Waals surface area contributed by atoms with E-state index in [-0.39, 0.29) is 10.8 Å². The van der Waals surface area contributed by atoms with Crippen LogP contribution in [0.3, 0.4) is 0 Å². The van der Waals surface area contributed by atoms with E-state index in [1.54, 1.807) is 11.3 Å². The number of rotatable bonds is 2. The molecule has 0 saturated heterocycles. The lowest BCUT2D eigenvalue weighted by molar-refractivity contribution is 0.593. The van der Waals surface area contributed by atoms with E-state index in [1.807, 2.05) is 0 Å². The predicted octanol–water partition coefficient (Wildman–Crippen LogP) is 11.9. The highest BCUT2D eigenvalue weighted by atomic mass is 32.1. The van der Waals surface area contributed by atoms with Crippen molar-refractivity contribution in [1.29, 1.82) is 0 Å². The second-order valence-corrected chi connectivity index (χ2v) is 15.6. The molecule has 44 heavy (non-hydrogen) atoms. The lowest BCUT2D eigenvalue weighted by Crippen LogP contribution is -2.17. The third-order valence-corrected chi connectivity index (χ3v) is 10.2. The number of hydrogen-bond donors (Lipinski definition) is 0. The minimum Gasteiger partial charge on any atom is -0.436 e. The third kappa shape index (κ3) is 4.62. The highest BCUT2D eigenvalue weighted by Crippen LogP contribution is 2.46. The van der Waals surface area contributed by atoms with Crippen molar-refractivity contribution in [2.45, 2.75) is 80.1 Å². The Hall–Kier alpha value is -4.02. The van der Waals surface area contributed by atoms with E-state index >= 15 is 0 Å². The van der Waals surface area contributed by atoms with Gasteiger partial charge in [0, 0.05) is 11.1 Å². The number of nitrogens with zero attached hydrogens (tertiary/aromatic N) is 2. The van der Waals surface area contributed by atoms with E-state index < -0.39 is 0 Å². The summed E-state index contributed by atoms with van der Waals surface area (Å²) in [5.41, 5.74) is 12.6. The fourth-order valence-electron chi connectivity index (χ4n) is 6.72. The van der Waals surface area contributed by atoms with Crippen LogP contribution < -0.4 is 0 Å². The van der Waals surface area contributed by atoms with Gasteiger partial charge in [-0.3, -0.25) is 0 Å². The molecular weight excluding hydrogens is 557 g/mol. The molecule has 0 atom stereocenters. The van der Waals surface area contributed by atoms with E-state index in [0.29, 0.717) is 5.89 Å². The highest BCUT2D eigenvalue weighted by Gasteiger charge is 2.28. The van der Waals surface area contributed by atoms with Gasteiger partial charge in [0.25, 0.3) is 0 Å². The summed E-state index contributed by atoms with van der Waals surface area (Å²) in [5.74, 6) is 0.667. The van der Waals surface area contributed by atoms with Gasteiger partial charge in [-0.2, -0.15) is 0 Å². The van der Waals surface area contributed by atoms with Crippen LogP contribution in [0.4, 0.5) is 0 Å². The van der Waals surface area contributed by atoms with Crippen molar-refractivity contribution in [3.05, 3.63) is 94.0 Å². The van der Waals surface area contributed by atoms with Gasteiger partial charge in [0.05, 0.1) is 10.2 Å². The summed E-state index contributed by atoms with van der Waals surface area (Å²) in [4.78, 5) is 10.0. The maximum absolute atomic E-state index is 6.34. The third-order valence-electron chi connectivity index (χ3n) is 9.12. The van der Waals surface area contributed by atoms with Gasteiger partial charge in [-0.25, -0.2) is 9.97 Å². The molecule has 0 bridgehead atoms. The molecule has 0 amide bonds. The fourth-order valence-corrected chi connectivity index (χ4v) is 7.76. The first kappa shape index (κ1) is 28.7. The molecule has 0 unspecified atom stereocenters. The highest BCUT2D eigenvalue weighted by molar-refractivity contribution is 7.21. The van der Waals surface area contributed by atoms with E-state index in [1.165, 1.54) is 65.2 Å². The summed E-state index contributed by atoms with van der Waals surface area (Å²) in [7, 11) is 0. The van der Waals surface area contributed by atoms with Crippen molar-refractivity contribution in [3.8, 4) is 22.0 Å². The number of aryl methyl sites for hydroxylation is 4. The predicted molar refractivity (Wildman–Crippen MR) is 189 cm³/mol. The Balaban J connectivity index is 1.51. The molecule has 0 aliphatic rings. The molecule has 7 rings (SSSR count). The number of thiazole rings is 1. The number of hydrogen-bond acceptors (Lipinski definition) is 4. The minimum atomic E-state index is -0.0898. The zero-order valence-electron chi connectivity index (χ0n) is 27.5. The van der Waals surface area contributed by atoms with Crippen LogP contribution in [-0.2, 0) is 10.8 Å². The molecule has 222 valence electrons. The first-order valence-corrected chi connectivity index (χ1v) is 16.3. The lowest BCUT2D eigenvalue weighted by atomic mass is 9.73. The Labute approximate surface area is 264 Å². The van der Waals surface area contributed by atoms with Crippen LogP contribution in [0, 0.1) is 27.7 Å². The molecule has 2 heterocycles. The maximum Gasteiger partial charge on any atom is 0.227 e. The van der Waals surface area contributed by atoms with Crippen molar-refractivity contribution < 1.29 is 4.42 Å². The minimum absolute atomic E-state index is 0.0818. The van der Waals surface area contributed by atoms with Gasteiger partial charge >= 0.3 is 0 Å². The first-order valence-electron chi connectivity index (χ1n) is 15.5. The number of benzene rings is 5. The van der Waals surface area contributed by atoms with E-state index in [2.05, 4.69) is 130 Å². The summed E-state index contributed by atoms with van der Waals surface area (Å²) >= 11 is 1.78. The van der Waals surface area contributed by atoms with E-state index in [0.717, 1.165) is 27.2 Å². The van der Waals surface area contributed by atoms with Crippen molar-refractivity contribution in [1.82, 2.24) is 9.97 Å². The van der Waals surface area contributed by atoms with Gasteiger partial charge < -0.3 is 4.42 Å². The van der Waals surface area contributed by atoms with Gasteiger partial charge in [0.1, 0.15) is 10.5 Å². The van der Waals surface area contributed by atoms with Crippen molar-refractivity contribution >= 4 is 54.2 Å². The molecule has 4 heteroatoms. The van der Waals surface area contributed by atoms with Crippen molar-refractivity contribution in [3.63, 3.8) is 0 Å². The first-order chi connectivity index (χ1) is 20.7. The summed E-state index contributed by atoms with van der Waals surface area (Å²) in [6.45, 7) is 22.5. The lowest BCUT2D eigenvalue weighted by Gasteiger charge is -2.30. The average molecular weight is 597 g/mol. The summed E-state index contributed by atoms with van der Waals surface area (Å²) in [5, 5.41) is 6.22. The molecule has 5 aromatic carbocycles. The van der Waals surface area contributed by atoms with Crippen molar-refractivity contribution in [2.75, 3.05) is 0 Å². The SMILES string of the molecule is Cc1cc2nc(-c3ccc4c(C(C)(C)C)c5cc(-c6nc7cc(C)c(C)cc7s6)ccc5c(C(C)(C)C)c4c3)oc2cc1C. The topological polar surface area (TPSA) is 38.9 Å². The molecule has 0 aliphatic heterocycles. The molecule has 7 aromatic rings. The molecular formula is C40H40N2OS. The molecule has 0 N–H and O–H groups in total. The fraction of sp³-hybridized carbons (Fsp3) is 0.300. The van der Waals surface area contributed by atoms with Gasteiger partial charge in [0.2, 0.25) is 5.89 Å². The second-order valence-electron chi connectivity index (χ2n) is 14.6. The number of fused-ring (bicyclic) bond motifs is 4. The zero-order valence-corrected chi connectivity index (χ0v) is 28.3. The van der Waals surface area contributed by atoms with Crippen LogP contribution in [0.2, 0.25) is 0 Å². The van der Waals surface area contributed by atoms with Gasteiger partial charge in [0.15, 0.2) is 5.58 Å². The van der Waals surface area contributed by atoms with E-state index in [4.69, 9.17) is 14.4 Å². The molecule has 0 radical (unpaired) electrons. The summed E-state index contributed by atoms with van der Waals surface area (Å²) < 4.78 is 7.58. The van der Waals surface area contributed by atoms with Gasteiger partial charge in [-0.15, -0.1) is 11.3 Å². The normalized spacial score (nSPS) is 12.8. The summed E-state index contributed by atoms with van der Waals surface area (Å²) in [6.07, 6.45) is 0. The van der Waals surface area contributed by atoms with Gasteiger partial charge in [-0.1, -0.05) is 59.7 Å². The Kier molecular flexibility index (Phi) is 6.36.